The minimum absolute atomic E-state index is 0.0341. The standard InChI is InChI=1S/C10H13ClN2O3/c1-10(12,6-14)5-7-4-8(13(15)16)2-3-9(7)11/h2-4,14H,5-6,12H2,1H3. The number of halogens is 1. The highest BCUT2D eigenvalue weighted by molar-refractivity contribution is 6.31. The molecule has 88 valence electrons. The van der Waals surface area contributed by atoms with Crippen LogP contribution in [0.3, 0.4) is 0 Å². The number of rotatable bonds is 4. The number of hydrogen-bond acceptors (Lipinski definition) is 4. The average Bonchev–Trinajstić information content (AvgIpc) is 2.21. The third kappa shape index (κ3) is 3.16. The summed E-state index contributed by atoms with van der Waals surface area (Å²) < 4.78 is 0. The van der Waals surface area contributed by atoms with Crippen LogP contribution in [0.1, 0.15) is 12.5 Å². The molecule has 1 aromatic rings. The first-order chi connectivity index (χ1) is 7.35. The van der Waals surface area contributed by atoms with E-state index in [1.54, 1.807) is 6.92 Å². The van der Waals surface area contributed by atoms with Crippen molar-refractivity contribution in [3.8, 4) is 0 Å². The number of hydrogen-bond donors (Lipinski definition) is 2. The molecule has 0 spiro atoms. The van der Waals surface area contributed by atoms with Crippen molar-refractivity contribution in [3.05, 3.63) is 38.9 Å². The SMILES string of the molecule is CC(N)(CO)Cc1cc([N+](=O)[O-])ccc1Cl. The molecular weight excluding hydrogens is 232 g/mol. The number of aliphatic hydroxyl groups excluding tert-OH is 1. The summed E-state index contributed by atoms with van der Waals surface area (Å²) in [4.78, 5) is 10.1. The summed E-state index contributed by atoms with van der Waals surface area (Å²) in [6, 6.07) is 4.17. The van der Waals surface area contributed by atoms with Crippen molar-refractivity contribution >= 4 is 17.3 Å². The molecule has 0 fully saturated rings. The molecule has 16 heavy (non-hydrogen) atoms. The number of nitro benzene ring substituents is 1. The third-order valence-corrected chi connectivity index (χ3v) is 2.56. The minimum Gasteiger partial charge on any atom is -0.394 e. The van der Waals surface area contributed by atoms with Crippen molar-refractivity contribution < 1.29 is 10.0 Å². The maximum atomic E-state index is 10.6. The molecule has 5 nitrogen and oxygen atoms in total. The van der Waals surface area contributed by atoms with Gasteiger partial charge in [0.25, 0.3) is 5.69 Å². The van der Waals surface area contributed by atoms with E-state index in [1.165, 1.54) is 18.2 Å². The Morgan fingerprint density at radius 1 is 1.62 bits per heavy atom. The van der Waals surface area contributed by atoms with Crippen LogP contribution in [0, 0.1) is 10.1 Å². The van der Waals surface area contributed by atoms with Crippen molar-refractivity contribution in [1.82, 2.24) is 0 Å². The summed E-state index contributed by atoms with van der Waals surface area (Å²) in [6.45, 7) is 1.44. The predicted octanol–water partition coefficient (Wildman–Crippen LogP) is 1.50. The number of nitrogens with zero attached hydrogens (tertiary/aromatic N) is 1. The first-order valence-electron chi connectivity index (χ1n) is 4.68. The second-order valence-electron chi connectivity index (χ2n) is 4.02. The van der Waals surface area contributed by atoms with Crippen molar-refractivity contribution in [1.29, 1.82) is 0 Å². The lowest BCUT2D eigenvalue weighted by Gasteiger charge is -2.22. The van der Waals surface area contributed by atoms with Gasteiger partial charge in [-0.25, -0.2) is 0 Å². The Morgan fingerprint density at radius 3 is 2.75 bits per heavy atom. The molecule has 0 aromatic heterocycles. The molecule has 0 bridgehead atoms. The second kappa shape index (κ2) is 4.78. The molecule has 6 heteroatoms. The third-order valence-electron chi connectivity index (χ3n) is 2.20. The average molecular weight is 245 g/mol. The number of aliphatic hydroxyl groups is 1. The first kappa shape index (κ1) is 12.9. The van der Waals surface area contributed by atoms with E-state index in [0.717, 1.165) is 0 Å². The molecule has 1 aromatic carbocycles. The first-order valence-corrected chi connectivity index (χ1v) is 5.06. The summed E-state index contributed by atoms with van der Waals surface area (Å²) in [7, 11) is 0. The van der Waals surface area contributed by atoms with E-state index in [-0.39, 0.29) is 18.7 Å². The molecule has 0 heterocycles. The molecule has 0 saturated carbocycles. The van der Waals surface area contributed by atoms with Crippen LogP contribution in [-0.4, -0.2) is 22.2 Å². The van der Waals surface area contributed by atoms with Crippen LogP contribution in [0.25, 0.3) is 0 Å². The fraction of sp³-hybridized carbons (Fsp3) is 0.400. The summed E-state index contributed by atoms with van der Waals surface area (Å²) in [5.41, 5.74) is 5.46. The Balaban J connectivity index is 3.03. The Morgan fingerprint density at radius 2 is 2.25 bits per heavy atom. The van der Waals surface area contributed by atoms with Gasteiger partial charge in [0.05, 0.1) is 11.5 Å². The van der Waals surface area contributed by atoms with Gasteiger partial charge in [-0.05, 0) is 25.0 Å². The van der Waals surface area contributed by atoms with E-state index in [9.17, 15) is 10.1 Å². The largest absolute Gasteiger partial charge is 0.394 e. The Kier molecular flexibility index (Phi) is 3.85. The summed E-state index contributed by atoms with van der Waals surface area (Å²) >= 11 is 5.90. The predicted molar refractivity (Wildman–Crippen MR) is 61.5 cm³/mol. The highest BCUT2D eigenvalue weighted by atomic mass is 35.5. The molecule has 3 N–H and O–H groups in total. The zero-order valence-corrected chi connectivity index (χ0v) is 9.57. The van der Waals surface area contributed by atoms with Gasteiger partial charge in [0.2, 0.25) is 0 Å². The molecule has 0 saturated heterocycles. The number of nitro groups is 1. The monoisotopic (exact) mass is 244 g/mol. The fourth-order valence-corrected chi connectivity index (χ4v) is 1.49. The lowest BCUT2D eigenvalue weighted by molar-refractivity contribution is -0.384. The Hall–Kier alpha value is -1.17. The van der Waals surface area contributed by atoms with Gasteiger partial charge in [-0.15, -0.1) is 0 Å². The van der Waals surface area contributed by atoms with Crippen LogP contribution < -0.4 is 5.73 Å². The lowest BCUT2D eigenvalue weighted by atomic mass is 9.94. The molecule has 0 aliphatic carbocycles. The Bertz CT molecular complexity index is 407. The normalized spacial score (nSPS) is 14.5. The minimum atomic E-state index is -0.834. The van der Waals surface area contributed by atoms with Gasteiger partial charge in [0, 0.05) is 22.7 Å². The van der Waals surface area contributed by atoms with Crippen LogP contribution in [0.2, 0.25) is 5.02 Å². The topological polar surface area (TPSA) is 89.4 Å². The van der Waals surface area contributed by atoms with Gasteiger partial charge >= 0.3 is 0 Å². The highest BCUT2D eigenvalue weighted by Crippen LogP contribution is 2.24. The van der Waals surface area contributed by atoms with E-state index in [0.29, 0.717) is 10.6 Å². The lowest BCUT2D eigenvalue weighted by Crippen LogP contribution is -2.42. The second-order valence-corrected chi connectivity index (χ2v) is 4.43. The summed E-state index contributed by atoms with van der Waals surface area (Å²) in [5.74, 6) is 0. The maximum Gasteiger partial charge on any atom is 0.269 e. The zero-order valence-electron chi connectivity index (χ0n) is 8.81. The van der Waals surface area contributed by atoms with Gasteiger partial charge < -0.3 is 10.8 Å². The molecule has 0 aliphatic rings. The van der Waals surface area contributed by atoms with Gasteiger partial charge in [-0.1, -0.05) is 11.6 Å². The zero-order chi connectivity index (χ0) is 12.3. The van der Waals surface area contributed by atoms with Gasteiger partial charge in [0.1, 0.15) is 0 Å². The van der Waals surface area contributed by atoms with Crippen LogP contribution in [0.5, 0.6) is 0 Å². The van der Waals surface area contributed by atoms with Crippen molar-refractivity contribution in [3.63, 3.8) is 0 Å². The summed E-state index contributed by atoms with van der Waals surface area (Å²) in [6.07, 6.45) is 0.282. The van der Waals surface area contributed by atoms with Crippen LogP contribution >= 0.6 is 11.6 Å². The quantitative estimate of drug-likeness (QED) is 0.620. The molecule has 1 unspecified atom stereocenters. The molecule has 0 aliphatic heterocycles. The molecule has 1 atom stereocenters. The van der Waals surface area contributed by atoms with E-state index < -0.39 is 10.5 Å². The molecule has 0 amide bonds. The number of nitrogens with two attached hydrogens (primary N) is 1. The van der Waals surface area contributed by atoms with Gasteiger partial charge in [-0.2, -0.15) is 0 Å². The van der Waals surface area contributed by atoms with Gasteiger partial charge in [-0.3, -0.25) is 10.1 Å². The van der Waals surface area contributed by atoms with E-state index in [2.05, 4.69) is 0 Å². The van der Waals surface area contributed by atoms with E-state index in [4.69, 9.17) is 22.4 Å². The van der Waals surface area contributed by atoms with E-state index >= 15 is 0 Å². The van der Waals surface area contributed by atoms with Crippen LogP contribution in [-0.2, 0) is 6.42 Å². The van der Waals surface area contributed by atoms with E-state index in [1.807, 2.05) is 0 Å². The maximum absolute atomic E-state index is 10.6. The van der Waals surface area contributed by atoms with Crippen molar-refractivity contribution in [2.75, 3.05) is 6.61 Å². The van der Waals surface area contributed by atoms with Crippen LogP contribution in [0.4, 0.5) is 5.69 Å². The molecular formula is C10H13ClN2O3. The fourth-order valence-electron chi connectivity index (χ4n) is 1.30. The Labute approximate surface area is 98.0 Å². The smallest absolute Gasteiger partial charge is 0.269 e. The van der Waals surface area contributed by atoms with Crippen molar-refractivity contribution in [2.24, 2.45) is 5.73 Å². The summed E-state index contributed by atoms with van der Waals surface area (Å²) in [5, 5.41) is 20.0. The molecule has 0 radical (unpaired) electrons. The highest BCUT2D eigenvalue weighted by Gasteiger charge is 2.20. The number of benzene rings is 1. The van der Waals surface area contributed by atoms with Crippen molar-refractivity contribution in [2.45, 2.75) is 18.9 Å². The van der Waals surface area contributed by atoms with Gasteiger partial charge in [0.15, 0.2) is 0 Å². The van der Waals surface area contributed by atoms with Crippen LogP contribution in [0.15, 0.2) is 18.2 Å². The molecule has 1 rings (SSSR count). The number of non-ortho nitro benzene ring substituents is 1.